The van der Waals surface area contributed by atoms with Crippen LogP contribution in [0.4, 0.5) is 0 Å². The number of rotatable bonds is 1. The molecule has 16 nitrogen and oxygen atoms in total. The Hall–Kier alpha value is -12.2. The zero-order valence-corrected chi connectivity index (χ0v) is 58.1. The lowest BCUT2D eigenvalue weighted by atomic mass is 10.2. The van der Waals surface area contributed by atoms with Crippen LogP contribution in [0.1, 0.15) is 32.6 Å². The van der Waals surface area contributed by atoms with Gasteiger partial charge in [0.05, 0.1) is 60.2 Å². The fourth-order valence-corrected chi connectivity index (χ4v) is 21.1. The number of oxazole rings is 2. The summed E-state index contributed by atoms with van der Waals surface area (Å²) < 4.78 is 61.7. The lowest BCUT2D eigenvalue weighted by Gasteiger charge is -2.04. The van der Waals surface area contributed by atoms with Crippen molar-refractivity contribution in [2.75, 3.05) is 0 Å². The molecule has 0 N–H and O–H groups in total. The second-order valence-electron chi connectivity index (χ2n) is 26.0. The molecule has 5 aliphatic rings. The third kappa shape index (κ3) is 8.72. The molecule has 5 aliphatic heterocycles. The number of thiazole rings is 3. The molecule has 0 atom stereocenters. The van der Waals surface area contributed by atoms with Crippen molar-refractivity contribution in [2.45, 2.75) is 32.7 Å². The summed E-state index contributed by atoms with van der Waals surface area (Å²) in [6.07, 6.45) is 9.24. The second-order valence-corrected chi connectivity index (χ2v) is 30.3. The molecule has 0 radical (unpaired) electrons. The minimum Gasteiger partial charge on any atom is -0.439 e. The van der Waals surface area contributed by atoms with Crippen LogP contribution < -0.4 is 22.8 Å². The highest BCUT2D eigenvalue weighted by molar-refractivity contribution is 7.42. The van der Waals surface area contributed by atoms with Gasteiger partial charge in [-0.2, -0.15) is 13.7 Å². The van der Waals surface area contributed by atoms with Crippen molar-refractivity contribution < 1.29 is 40.2 Å². The Kier molecular flexibility index (Phi) is 12.2. The Labute approximate surface area is 605 Å². The largest absolute Gasteiger partial charge is 0.439 e. The van der Waals surface area contributed by atoms with E-state index in [2.05, 4.69) is 192 Å². The lowest BCUT2D eigenvalue weighted by Crippen LogP contribution is -2.30. The van der Waals surface area contributed by atoms with E-state index in [0.717, 1.165) is 92.9 Å². The van der Waals surface area contributed by atoms with Crippen molar-refractivity contribution in [3.8, 4) is 60.3 Å². The number of para-hydroxylation sites is 5. The molecule has 0 aliphatic carbocycles. The fraction of sp³-hybridized carbons (Fsp3) is 0.0843. The van der Waals surface area contributed by atoms with Gasteiger partial charge in [-0.1, -0.05) is 90.2 Å². The van der Waals surface area contributed by atoms with E-state index in [1.807, 2.05) is 143 Å². The van der Waals surface area contributed by atoms with Crippen LogP contribution in [0.3, 0.4) is 0 Å². The van der Waals surface area contributed by atoms with Crippen molar-refractivity contribution in [2.24, 2.45) is 14.0 Å². The number of fused-ring (bicyclic) bond motifs is 35. The number of furan rings is 1. The zero-order valence-electron chi connectivity index (χ0n) is 57.8. The van der Waals surface area contributed by atoms with Crippen molar-refractivity contribution in [1.82, 2.24) is 38.6 Å². The molecule has 15 aromatic heterocycles. The quantitative estimate of drug-likeness (QED) is 0.148. The smallest absolute Gasteiger partial charge is 0.385 e. The molecule has 0 saturated carbocycles. The number of hydrogen-bond acceptors (Lipinski definition) is 12. The van der Waals surface area contributed by atoms with Crippen molar-refractivity contribution in [3.05, 3.63) is 272 Å². The van der Waals surface area contributed by atoms with E-state index < -0.39 is 6.98 Å². The lowest BCUT2D eigenvalue weighted by molar-refractivity contribution is -0.649. The Balaban J connectivity index is 0.0000000830. The summed E-state index contributed by atoms with van der Waals surface area (Å²) in [6, 6.07) is 72.5. The maximum absolute atomic E-state index is 7.87. The highest BCUT2D eigenvalue weighted by atomic mass is 32.2. The summed E-state index contributed by atoms with van der Waals surface area (Å²) >= 11 is 7.37. The molecular formula is C83H56N13O3S4+5. The first kappa shape index (κ1) is 55.6. The van der Waals surface area contributed by atoms with Crippen LogP contribution in [0.15, 0.2) is 257 Å². The minimum atomic E-state index is -2.30. The van der Waals surface area contributed by atoms with Gasteiger partial charge in [-0.3, -0.25) is 29.5 Å². The number of hydrogen-bond donors (Lipinski definition) is 0. The molecular weight excluding hydrogens is 1360 g/mol. The van der Waals surface area contributed by atoms with Crippen LogP contribution in [0.5, 0.6) is 0 Å². The third-order valence-corrected chi connectivity index (χ3v) is 25.2. The van der Waals surface area contributed by atoms with Gasteiger partial charge in [0.1, 0.15) is 45.2 Å². The normalized spacial score (nSPS) is 13.5. The van der Waals surface area contributed by atoms with E-state index in [4.69, 9.17) is 17.4 Å². The molecule has 0 saturated heterocycles. The molecule has 20 heterocycles. The molecule has 0 spiro atoms. The average Bonchev–Trinajstić information content (AvgIpc) is 1.57. The Morgan fingerprint density at radius 3 is 1.39 bits per heavy atom. The van der Waals surface area contributed by atoms with Gasteiger partial charge in [-0.05, 0) is 156 Å². The van der Waals surface area contributed by atoms with Gasteiger partial charge in [-0.25, -0.2) is 0 Å². The highest BCUT2D eigenvalue weighted by Gasteiger charge is 2.42. The third-order valence-electron chi connectivity index (χ3n) is 20.4. The van der Waals surface area contributed by atoms with Gasteiger partial charge in [-0.15, -0.1) is 20.5 Å². The summed E-state index contributed by atoms with van der Waals surface area (Å²) in [5, 5.41) is 9.89. The van der Waals surface area contributed by atoms with Crippen molar-refractivity contribution >= 4 is 152 Å². The topological polar surface area (TPSA) is 138 Å². The Morgan fingerprint density at radius 2 is 0.796 bits per heavy atom. The number of pyridine rings is 5. The molecule has 0 bridgehead atoms. The maximum Gasteiger partial charge on any atom is 0.385 e. The first-order valence-corrected chi connectivity index (χ1v) is 37.2. The van der Waals surface area contributed by atoms with E-state index in [9.17, 15) is 0 Å². The van der Waals surface area contributed by atoms with Crippen LogP contribution in [0.25, 0.3) is 167 Å². The monoisotopic (exact) mass is 1410 g/mol. The van der Waals surface area contributed by atoms with Gasteiger partial charge < -0.3 is 22.4 Å². The molecule has 490 valence electrons. The predicted molar refractivity (Wildman–Crippen MR) is 405 cm³/mol. The Bertz CT molecular complexity index is 7090. The standard InChI is InChI=1S/C21H14N3S.2C16H12N3O.C15H9N2OS.C15H9N2S2/c1-2-7-14(8-3-1)24-18-11-5-4-9-16(18)19-21(24)25-20-15-10-6-12-22-17(15)13-23(19)20;2*1-18-13-7-3-2-5-11(13)14-16(18)20-15-10-6-4-8-17-12(10)9-19(14)15;2*1-2-6-12-10(4-1)13-15(18-12)19-14-9-5-3-7-16-11(9)8-17(13)14/h1-12H,13H2;2*2-8H,9H2,1H3;2*1-7H,8H2/q5*+1/i;1D3;;;. The van der Waals surface area contributed by atoms with E-state index in [1.165, 1.54) is 116 Å². The van der Waals surface area contributed by atoms with Gasteiger partial charge in [0.15, 0.2) is 41.6 Å². The van der Waals surface area contributed by atoms with Gasteiger partial charge >= 0.3 is 11.8 Å². The van der Waals surface area contributed by atoms with Crippen LogP contribution >= 0.6 is 45.3 Å². The number of thiophene rings is 1. The molecule has 0 amide bonds. The molecule has 0 fully saturated rings. The van der Waals surface area contributed by atoms with E-state index in [0.29, 0.717) is 23.7 Å². The summed E-state index contributed by atoms with van der Waals surface area (Å²) in [4.78, 5) is 24.7. The van der Waals surface area contributed by atoms with Crippen LogP contribution in [0.2, 0.25) is 0 Å². The first-order valence-electron chi connectivity index (χ1n) is 35.4. The van der Waals surface area contributed by atoms with Crippen molar-refractivity contribution in [1.29, 1.82) is 0 Å². The van der Waals surface area contributed by atoms with Gasteiger partial charge in [0.2, 0.25) is 5.52 Å². The molecule has 21 aromatic rings. The number of aromatic nitrogens is 13. The summed E-state index contributed by atoms with van der Waals surface area (Å²) in [7, 11) is 2.05. The molecule has 20 heteroatoms. The van der Waals surface area contributed by atoms with Crippen molar-refractivity contribution in [3.63, 3.8) is 0 Å². The number of benzene rings is 6. The van der Waals surface area contributed by atoms with E-state index in [1.54, 1.807) is 17.5 Å². The summed E-state index contributed by atoms with van der Waals surface area (Å²) in [6.45, 7) is 1.68. The Morgan fingerprint density at radius 1 is 0.359 bits per heavy atom. The summed E-state index contributed by atoms with van der Waals surface area (Å²) in [5.74, 6) is 1.58. The van der Waals surface area contributed by atoms with E-state index in [-0.39, 0.29) is 0 Å². The zero-order chi connectivity index (χ0) is 70.2. The van der Waals surface area contributed by atoms with Crippen LogP contribution in [0, 0.1) is 0 Å². The maximum atomic E-state index is 7.87. The van der Waals surface area contributed by atoms with Gasteiger partial charge in [0, 0.05) is 59.5 Å². The molecule has 6 aromatic carbocycles. The minimum absolute atomic E-state index is 0.385. The molecule has 0 unspecified atom stereocenters. The SMILES string of the molecule is Cn1c2ccccc2c2c1oc1[n+]2Cc2ncccc2-1.[2H]C([2H])([2H])n1c2ccccc2c2c1oc1[n+]2Cc2ncccc2-1.c1ccc(-n2c3ccccc3c3c2sc2[n+]3Cc3ncccc3-2)cc1.c1cnc2c(c1)-c1sc3oc4ccccc4c3[n+]1C2.c1cnc2c(c1)-c1sc3sc4ccccc4c3[n+]1C2. The van der Waals surface area contributed by atoms with Crippen LogP contribution in [-0.2, 0) is 46.7 Å². The fourth-order valence-electron chi connectivity index (χ4n) is 15.9. The number of nitrogens with zero attached hydrogens (tertiary/aromatic N) is 13. The second kappa shape index (κ2) is 22.7. The van der Waals surface area contributed by atoms with Gasteiger partial charge in [0.25, 0.3) is 53.4 Å². The van der Waals surface area contributed by atoms with E-state index >= 15 is 0 Å². The van der Waals surface area contributed by atoms with Crippen LogP contribution in [-0.4, -0.2) is 38.6 Å². The average molecular weight is 1410 g/mol. The summed E-state index contributed by atoms with van der Waals surface area (Å²) in [5.41, 5.74) is 23.9. The molecule has 103 heavy (non-hydrogen) atoms. The molecule has 26 rings (SSSR count). The predicted octanol–water partition coefficient (Wildman–Crippen LogP) is 17.0. The number of aryl methyl sites for hydroxylation is 2. The highest BCUT2D eigenvalue weighted by Crippen LogP contribution is 2.45. The first-order chi connectivity index (χ1) is 52.1.